The van der Waals surface area contributed by atoms with Crippen LogP contribution in [0.3, 0.4) is 0 Å². The molecule has 1 aliphatic heterocycles. The van der Waals surface area contributed by atoms with Gasteiger partial charge in [-0.3, -0.25) is 4.99 Å². The van der Waals surface area contributed by atoms with Crippen LogP contribution in [-0.4, -0.2) is 36.4 Å². The topological polar surface area (TPSA) is 65.0 Å². The number of carbonyl (C=O) groups excluding carboxylic acids is 2. The molecule has 0 N–H and O–H groups in total. The number of hydrogen-bond donors (Lipinski definition) is 0. The van der Waals surface area contributed by atoms with E-state index in [1.165, 1.54) is 0 Å². The molecule has 1 aliphatic rings. The van der Waals surface area contributed by atoms with E-state index in [-0.39, 0.29) is 13.2 Å². The van der Waals surface area contributed by atoms with Crippen molar-refractivity contribution in [3.8, 4) is 0 Å². The van der Waals surface area contributed by atoms with Crippen LogP contribution in [0.25, 0.3) is 5.57 Å². The van der Waals surface area contributed by atoms with Gasteiger partial charge < -0.3 is 9.47 Å². The van der Waals surface area contributed by atoms with Crippen molar-refractivity contribution in [1.29, 1.82) is 0 Å². The van der Waals surface area contributed by atoms with Crippen LogP contribution < -0.4 is 0 Å². The average Bonchev–Trinajstić information content (AvgIpc) is 2.86. The van der Waals surface area contributed by atoms with Crippen LogP contribution in [0.15, 0.2) is 35.3 Å². The molecule has 0 unspecified atom stereocenters. The van der Waals surface area contributed by atoms with Crippen LogP contribution >= 0.6 is 11.6 Å². The summed E-state index contributed by atoms with van der Waals surface area (Å²) >= 11 is 6.04. The van der Waals surface area contributed by atoms with Gasteiger partial charge in [-0.2, -0.15) is 0 Å². The van der Waals surface area contributed by atoms with E-state index in [2.05, 4.69) is 4.99 Å². The van der Waals surface area contributed by atoms with E-state index < -0.39 is 17.5 Å². The number of halogens is 1. The smallest absolute Gasteiger partial charge is 0.350 e. The summed E-state index contributed by atoms with van der Waals surface area (Å²) in [6.45, 7) is 5.33. The number of aliphatic imine (C=N–C) groups is 1. The molecule has 5 nitrogen and oxygen atoms in total. The van der Waals surface area contributed by atoms with Crippen molar-refractivity contribution < 1.29 is 19.1 Å². The Balaban J connectivity index is 2.60. The van der Waals surface area contributed by atoms with Gasteiger partial charge in [-0.15, -0.1) is 0 Å². The highest BCUT2D eigenvalue weighted by molar-refractivity contribution is 6.31. The van der Waals surface area contributed by atoms with Crippen molar-refractivity contribution in [1.82, 2.24) is 0 Å². The number of hydrogen-bond acceptors (Lipinski definition) is 5. The third-order valence-corrected chi connectivity index (χ3v) is 3.60. The number of benzene rings is 1. The van der Waals surface area contributed by atoms with Gasteiger partial charge in [0, 0.05) is 16.3 Å². The quantitative estimate of drug-likeness (QED) is 0.612. The highest BCUT2D eigenvalue weighted by atomic mass is 35.5. The van der Waals surface area contributed by atoms with Gasteiger partial charge in [0.2, 0.25) is 0 Å². The van der Waals surface area contributed by atoms with E-state index in [9.17, 15) is 9.59 Å². The second kappa shape index (κ2) is 6.96. The molecule has 0 radical (unpaired) electrons. The second-order valence-corrected chi connectivity index (χ2v) is 5.41. The Morgan fingerprint density at radius 1 is 1.17 bits per heavy atom. The Morgan fingerprint density at radius 3 is 2.30 bits per heavy atom. The first kappa shape index (κ1) is 17.2. The van der Waals surface area contributed by atoms with E-state index >= 15 is 0 Å². The fourth-order valence-corrected chi connectivity index (χ4v) is 2.67. The van der Waals surface area contributed by atoms with Gasteiger partial charge in [0.15, 0.2) is 0 Å². The predicted octanol–water partition coefficient (Wildman–Crippen LogP) is 3.06. The van der Waals surface area contributed by atoms with Gasteiger partial charge in [-0.1, -0.05) is 23.7 Å². The van der Waals surface area contributed by atoms with Crippen LogP contribution in [0.1, 0.15) is 26.3 Å². The van der Waals surface area contributed by atoms with Gasteiger partial charge in [0.1, 0.15) is 0 Å². The molecule has 0 aliphatic carbocycles. The monoisotopic (exact) mass is 335 g/mol. The summed E-state index contributed by atoms with van der Waals surface area (Å²) in [5, 5.41) is 0.495. The van der Waals surface area contributed by atoms with E-state index in [1.807, 2.05) is 0 Å². The van der Waals surface area contributed by atoms with E-state index in [1.54, 1.807) is 51.1 Å². The van der Waals surface area contributed by atoms with Gasteiger partial charge in [-0.25, -0.2) is 9.59 Å². The van der Waals surface area contributed by atoms with Gasteiger partial charge in [-0.05, 0) is 44.5 Å². The van der Waals surface area contributed by atoms with Crippen LogP contribution in [0.4, 0.5) is 0 Å². The molecule has 0 spiro atoms. The maximum absolute atomic E-state index is 12.6. The molecule has 0 aromatic heterocycles. The molecule has 23 heavy (non-hydrogen) atoms. The highest BCUT2D eigenvalue weighted by Gasteiger charge is 2.55. The molecule has 1 aromatic carbocycles. The van der Waals surface area contributed by atoms with Gasteiger partial charge in [0.05, 0.1) is 13.2 Å². The van der Waals surface area contributed by atoms with Crippen LogP contribution in [-0.2, 0) is 19.1 Å². The lowest BCUT2D eigenvalue weighted by Gasteiger charge is -2.25. The summed E-state index contributed by atoms with van der Waals surface area (Å²) in [6, 6.07) is 6.89. The van der Waals surface area contributed by atoms with E-state index in [0.717, 1.165) is 0 Å². The maximum Gasteiger partial charge on any atom is 0.350 e. The summed E-state index contributed by atoms with van der Waals surface area (Å²) in [5.74, 6) is -1.50. The Hall–Kier alpha value is -2.14. The lowest BCUT2D eigenvalue weighted by Crippen LogP contribution is -2.47. The Kier molecular flexibility index (Phi) is 5.21. The molecule has 122 valence electrons. The summed E-state index contributed by atoms with van der Waals surface area (Å²) in [6.07, 6.45) is 1.68. The normalized spacial score (nSPS) is 15.7. The molecule has 6 heteroatoms. The molecular weight excluding hydrogens is 318 g/mol. The standard InChI is InChI=1S/C17H18ClNO4/c1-4-22-15(20)17(16(21)23-5-2)14(9-11(3)19-17)12-7-6-8-13(18)10-12/h6-10H,4-5H2,1-3H3. The fourth-order valence-electron chi connectivity index (χ4n) is 2.48. The lowest BCUT2D eigenvalue weighted by atomic mass is 9.86. The maximum atomic E-state index is 12.6. The largest absolute Gasteiger partial charge is 0.463 e. The summed E-state index contributed by atoms with van der Waals surface area (Å²) in [4.78, 5) is 29.5. The van der Waals surface area contributed by atoms with E-state index in [0.29, 0.717) is 21.9 Å². The second-order valence-electron chi connectivity index (χ2n) is 4.97. The zero-order valence-corrected chi connectivity index (χ0v) is 14.0. The first-order valence-corrected chi connectivity index (χ1v) is 7.72. The number of ether oxygens (including phenoxy) is 2. The molecule has 0 amide bonds. The number of rotatable bonds is 5. The molecule has 0 bridgehead atoms. The lowest BCUT2D eigenvalue weighted by molar-refractivity contribution is -0.160. The molecule has 1 heterocycles. The van der Waals surface area contributed by atoms with Crippen molar-refractivity contribution in [2.24, 2.45) is 4.99 Å². The minimum atomic E-state index is -1.83. The molecule has 1 aromatic rings. The Bertz CT molecular complexity index is 676. The minimum absolute atomic E-state index is 0.136. The zero-order valence-electron chi connectivity index (χ0n) is 13.3. The number of carbonyl (C=O) groups is 2. The SMILES string of the molecule is CCOC(=O)C1(C(=O)OCC)N=C(C)C=C1c1cccc(Cl)c1. The van der Waals surface area contributed by atoms with Crippen LogP contribution in [0.5, 0.6) is 0 Å². The number of esters is 2. The highest BCUT2D eigenvalue weighted by Crippen LogP contribution is 2.38. The fraction of sp³-hybridized carbons (Fsp3) is 0.353. The summed E-state index contributed by atoms with van der Waals surface area (Å²) < 4.78 is 10.2. The number of allylic oxidation sites excluding steroid dienone is 1. The van der Waals surface area contributed by atoms with Crippen LogP contribution in [0, 0.1) is 0 Å². The first-order chi connectivity index (χ1) is 11.0. The van der Waals surface area contributed by atoms with Crippen molar-refractivity contribution >= 4 is 34.8 Å². The van der Waals surface area contributed by atoms with Crippen molar-refractivity contribution in [2.45, 2.75) is 26.3 Å². The van der Waals surface area contributed by atoms with Crippen molar-refractivity contribution in [2.75, 3.05) is 13.2 Å². The van der Waals surface area contributed by atoms with Gasteiger partial charge in [0.25, 0.3) is 5.54 Å². The molecule has 0 saturated heterocycles. The first-order valence-electron chi connectivity index (χ1n) is 7.34. The average molecular weight is 336 g/mol. The molecule has 0 atom stereocenters. The third kappa shape index (κ3) is 3.15. The predicted molar refractivity (Wildman–Crippen MR) is 88.5 cm³/mol. The minimum Gasteiger partial charge on any atom is -0.463 e. The summed E-state index contributed by atoms with van der Waals surface area (Å²) in [5.41, 5.74) is -0.254. The number of nitrogens with zero attached hydrogens (tertiary/aromatic N) is 1. The van der Waals surface area contributed by atoms with E-state index in [4.69, 9.17) is 21.1 Å². The molecule has 0 saturated carbocycles. The molecular formula is C17H18ClNO4. The van der Waals surface area contributed by atoms with Crippen molar-refractivity contribution in [3.63, 3.8) is 0 Å². The van der Waals surface area contributed by atoms with Crippen LogP contribution in [0.2, 0.25) is 5.02 Å². The zero-order chi connectivity index (χ0) is 17.0. The molecule has 0 fully saturated rings. The molecule has 2 rings (SSSR count). The third-order valence-electron chi connectivity index (χ3n) is 3.36. The van der Waals surface area contributed by atoms with Gasteiger partial charge >= 0.3 is 11.9 Å². The Labute approximate surface area is 139 Å². The Morgan fingerprint density at radius 2 is 1.78 bits per heavy atom. The van der Waals surface area contributed by atoms with Crippen molar-refractivity contribution in [3.05, 3.63) is 40.9 Å². The summed E-state index contributed by atoms with van der Waals surface area (Å²) in [7, 11) is 0.